The summed E-state index contributed by atoms with van der Waals surface area (Å²) in [4.78, 5) is 14.1. The molecule has 1 aliphatic rings. The molecule has 5 heteroatoms. The Morgan fingerprint density at radius 2 is 2.30 bits per heavy atom. The first-order chi connectivity index (χ1) is 9.65. The van der Waals surface area contributed by atoms with E-state index in [1.807, 2.05) is 6.07 Å². The smallest absolute Gasteiger partial charge is 0.237 e. The lowest BCUT2D eigenvalue weighted by Crippen LogP contribution is -2.48. The van der Waals surface area contributed by atoms with Crippen LogP contribution >= 0.6 is 0 Å². The minimum absolute atomic E-state index is 0.0713. The molecular formula is C15H22N2O3. The molecule has 20 heavy (non-hydrogen) atoms. The van der Waals surface area contributed by atoms with Gasteiger partial charge < -0.3 is 15.2 Å². The molecule has 1 aromatic rings. The molecule has 0 aliphatic carbocycles. The number of aromatic hydroxyl groups is 1. The largest absolute Gasteiger partial charge is 0.504 e. The van der Waals surface area contributed by atoms with E-state index in [4.69, 9.17) is 4.74 Å². The van der Waals surface area contributed by atoms with Crippen molar-refractivity contribution in [2.24, 2.45) is 0 Å². The van der Waals surface area contributed by atoms with Crippen molar-refractivity contribution in [2.75, 3.05) is 20.7 Å². The first-order valence-corrected chi connectivity index (χ1v) is 6.97. The van der Waals surface area contributed by atoms with Gasteiger partial charge in [0.15, 0.2) is 11.5 Å². The van der Waals surface area contributed by atoms with Gasteiger partial charge in [-0.1, -0.05) is 12.5 Å². The van der Waals surface area contributed by atoms with Crippen molar-refractivity contribution in [3.05, 3.63) is 23.8 Å². The van der Waals surface area contributed by atoms with Gasteiger partial charge in [-0.15, -0.1) is 0 Å². The molecule has 1 aliphatic heterocycles. The van der Waals surface area contributed by atoms with E-state index in [0.717, 1.165) is 31.4 Å². The molecule has 1 heterocycles. The topological polar surface area (TPSA) is 61.8 Å². The van der Waals surface area contributed by atoms with Crippen molar-refractivity contribution in [3.8, 4) is 11.5 Å². The van der Waals surface area contributed by atoms with Crippen molar-refractivity contribution in [1.82, 2.24) is 10.2 Å². The van der Waals surface area contributed by atoms with Crippen molar-refractivity contribution < 1.29 is 14.6 Å². The van der Waals surface area contributed by atoms with Gasteiger partial charge in [0.1, 0.15) is 0 Å². The lowest BCUT2D eigenvalue weighted by molar-refractivity contribution is -0.127. The third-order valence-electron chi connectivity index (χ3n) is 3.79. The van der Waals surface area contributed by atoms with E-state index in [1.165, 1.54) is 7.11 Å². The molecule has 2 rings (SSSR count). The highest BCUT2D eigenvalue weighted by molar-refractivity contribution is 5.81. The summed E-state index contributed by atoms with van der Waals surface area (Å²) in [5.41, 5.74) is 0.985. The van der Waals surface area contributed by atoms with Gasteiger partial charge in [0.05, 0.1) is 13.2 Å². The second-order valence-electron chi connectivity index (χ2n) is 5.10. The maximum atomic E-state index is 11.9. The standard InChI is InChI=1S/C15H22N2O3/c1-16-15(19)12-5-3-4-8-17(12)10-11-6-7-14(20-2)13(18)9-11/h6-7,9,12,18H,3-5,8,10H2,1-2H3,(H,16,19). The predicted octanol–water partition coefficient (Wildman–Crippen LogP) is 1.50. The molecule has 1 atom stereocenters. The Morgan fingerprint density at radius 1 is 1.50 bits per heavy atom. The molecule has 2 N–H and O–H groups in total. The van der Waals surface area contributed by atoms with Crippen molar-refractivity contribution in [2.45, 2.75) is 31.8 Å². The summed E-state index contributed by atoms with van der Waals surface area (Å²) in [6.07, 6.45) is 3.08. The van der Waals surface area contributed by atoms with Gasteiger partial charge in [-0.3, -0.25) is 9.69 Å². The molecular weight excluding hydrogens is 256 g/mol. The highest BCUT2D eigenvalue weighted by Gasteiger charge is 2.27. The molecule has 0 aromatic heterocycles. The Hall–Kier alpha value is -1.75. The third-order valence-corrected chi connectivity index (χ3v) is 3.79. The van der Waals surface area contributed by atoms with Gasteiger partial charge >= 0.3 is 0 Å². The number of hydrogen-bond donors (Lipinski definition) is 2. The average Bonchev–Trinajstić information content (AvgIpc) is 2.47. The van der Waals surface area contributed by atoms with Gasteiger partial charge in [0.2, 0.25) is 5.91 Å². The molecule has 5 nitrogen and oxygen atoms in total. The molecule has 1 amide bonds. The monoisotopic (exact) mass is 278 g/mol. The fraction of sp³-hybridized carbons (Fsp3) is 0.533. The molecule has 1 aromatic carbocycles. The summed E-state index contributed by atoms with van der Waals surface area (Å²) >= 11 is 0. The number of methoxy groups -OCH3 is 1. The van der Waals surface area contributed by atoms with Crippen LogP contribution in [0.1, 0.15) is 24.8 Å². The summed E-state index contributed by atoms with van der Waals surface area (Å²) in [7, 11) is 3.20. The van der Waals surface area contributed by atoms with Crippen LogP contribution in [0.15, 0.2) is 18.2 Å². The van der Waals surface area contributed by atoms with Crippen LogP contribution in [-0.2, 0) is 11.3 Å². The highest BCUT2D eigenvalue weighted by Crippen LogP contribution is 2.28. The van der Waals surface area contributed by atoms with Gasteiger partial charge in [-0.25, -0.2) is 0 Å². The SMILES string of the molecule is CNC(=O)C1CCCCN1Cc1ccc(OC)c(O)c1. The van der Waals surface area contributed by atoms with Crippen LogP contribution in [0.4, 0.5) is 0 Å². The summed E-state index contributed by atoms with van der Waals surface area (Å²) in [5, 5.41) is 12.5. The number of piperidine rings is 1. The number of likely N-dealkylation sites (tertiary alicyclic amines) is 1. The summed E-state index contributed by atoms with van der Waals surface area (Å²) in [5.74, 6) is 0.677. The number of carbonyl (C=O) groups is 1. The molecule has 0 radical (unpaired) electrons. The Bertz CT molecular complexity index is 476. The van der Waals surface area contributed by atoms with Crippen LogP contribution in [0.3, 0.4) is 0 Å². The molecule has 0 bridgehead atoms. The van der Waals surface area contributed by atoms with Gasteiger partial charge in [-0.2, -0.15) is 0 Å². The number of hydrogen-bond acceptors (Lipinski definition) is 4. The van der Waals surface area contributed by atoms with Crippen molar-refractivity contribution in [1.29, 1.82) is 0 Å². The minimum atomic E-state index is -0.0713. The number of amides is 1. The van der Waals surface area contributed by atoms with E-state index >= 15 is 0 Å². The number of likely N-dealkylation sites (N-methyl/N-ethyl adjacent to an activating group) is 1. The fourth-order valence-corrected chi connectivity index (χ4v) is 2.71. The summed E-state index contributed by atoms with van der Waals surface area (Å²) in [6, 6.07) is 5.31. The zero-order valence-electron chi connectivity index (χ0n) is 12.1. The predicted molar refractivity (Wildman–Crippen MR) is 76.8 cm³/mol. The number of nitrogens with zero attached hydrogens (tertiary/aromatic N) is 1. The maximum absolute atomic E-state index is 11.9. The lowest BCUT2D eigenvalue weighted by Gasteiger charge is -2.34. The Morgan fingerprint density at radius 3 is 2.95 bits per heavy atom. The number of ether oxygens (including phenoxy) is 1. The quantitative estimate of drug-likeness (QED) is 0.876. The second kappa shape index (κ2) is 6.61. The van der Waals surface area contributed by atoms with Crippen LogP contribution in [0.25, 0.3) is 0 Å². The number of phenolic OH excluding ortho intramolecular Hbond substituents is 1. The first-order valence-electron chi connectivity index (χ1n) is 6.97. The third kappa shape index (κ3) is 3.22. The Balaban J connectivity index is 2.10. The van der Waals surface area contributed by atoms with E-state index in [0.29, 0.717) is 12.3 Å². The summed E-state index contributed by atoms with van der Waals surface area (Å²) in [6.45, 7) is 1.57. The lowest BCUT2D eigenvalue weighted by atomic mass is 10.0. The Kier molecular flexibility index (Phi) is 4.84. The zero-order valence-corrected chi connectivity index (χ0v) is 12.1. The van der Waals surface area contributed by atoms with Gasteiger partial charge in [0.25, 0.3) is 0 Å². The normalized spacial score (nSPS) is 19.6. The minimum Gasteiger partial charge on any atom is -0.504 e. The number of carbonyl (C=O) groups excluding carboxylic acids is 1. The van der Waals surface area contributed by atoms with E-state index in [2.05, 4.69) is 10.2 Å². The highest BCUT2D eigenvalue weighted by atomic mass is 16.5. The summed E-state index contributed by atoms with van der Waals surface area (Å²) < 4.78 is 5.04. The number of benzene rings is 1. The molecule has 1 saturated heterocycles. The molecule has 0 saturated carbocycles. The van der Waals surface area contributed by atoms with Crippen LogP contribution in [0.2, 0.25) is 0 Å². The van der Waals surface area contributed by atoms with Crippen LogP contribution in [0, 0.1) is 0 Å². The van der Waals surface area contributed by atoms with Gasteiger partial charge in [-0.05, 0) is 37.1 Å². The Labute approximate surface area is 119 Å². The zero-order chi connectivity index (χ0) is 14.5. The number of nitrogens with one attached hydrogen (secondary N) is 1. The number of phenols is 1. The molecule has 1 fully saturated rings. The van der Waals surface area contributed by atoms with Crippen LogP contribution < -0.4 is 10.1 Å². The first kappa shape index (κ1) is 14.7. The molecule has 0 spiro atoms. The van der Waals surface area contributed by atoms with E-state index in [-0.39, 0.29) is 17.7 Å². The van der Waals surface area contributed by atoms with E-state index < -0.39 is 0 Å². The molecule has 110 valence electrons. The van der Waals surface area contributed by atoms with Crippen LogP contribution in [0.5, 0.6) is 11.5 Å². The average molecular weight is 278 g/mol. The van der Waals surface area contributed by atoms with Crippen LogP contribution in [-0.4, -0.2) is 42.7 Å². The second-order valence-corrected chi connectivity index (χ2v) is 5.10. The van der Waals surface area contributed by atoms with Crippen molar-refractivity contribution in [3.63, 3.8) is 0 Å². The maximum Gasteiger partial charge on any atom is 0.237 e. The van der Waals surface area contributed by atoms with E-state index in [1.54, 1.807) is 19.2 Å². The number of rotatable bonds is 4. The fourth-order valence-electron chi connectivity index (χ4n) is 2.71. The van der Waals surface area contributed by atoms with Gasteiger partial charge in [0, 0.05) is 13.6 Å². The van der Waals surface area contributed by atoms with Crippen molar-refractivity contribution >= 4 is 5.91 Å². The molecule has 1 unspecified atom stereocenters. The van der Waals surface area contributed by atoms with E-state index in [9.17, 15) is 9.90 Å².